The molecule has 15 heavy (non-hydrogen) atoms. The van der Waals surface area contributed by atoms with E-state index in [-0.39, 0.29) is 0 Å². The van der Waals surface area contributed by atoms with Gasteiger partial charge in [-0.2, -0.15) is 0 Å². The van der Waals surface area contributed by atoms with Crippen LogP contribution in [0.3, 0.4) is 0 Å². The molecule has 0 aliphatic carbocycles. The summed E-state index contributed by atoms with van der Waals surface area (Å²) in [6, 6.07) is 8.35. The Labute approximate surface area is 92.6 Å². The first-order valence-electron chi connectivity index (χ1n) is 5.37. The van der Waals surface area contributed by atoms with Gasteiger partial charge in [-0.05, 0) is 25.0 Å². The largest absolute Gasteiger partial charge is 0.383 e. The van der Waals surface area contributed by atoms with Crippen molar-refractivity contribution in [1.29, 1.82) is 0 Å². The van der Waals surface area contributed by atoms with Gasteiger partial charge in [-0.15, -0.1) is 6.58 Å². The zero-order chi connectivity index (χ0) is 11.1. The third-order valence-corrected chi connectivity index (χ3v) is 2.29. The highest BCUT2D eigenvalue weighted by molar-refractivity contribution is 5.69. The van der Waals surface area contributed by atoms with E-state index in [9.17, 15) is 0 Å². The van der Waals surface area contributed by atoms with Gasteiger partial charge >= 0.3 is 0 Å². The van der Waals surface area contributed by atoms with Gasteiger partial charge in [-0.3, -0.25) is 0 Å². The number of allylic oxidation sites excluding steroid dienone is 1. The van der Waals surface area contributed by atoms with Crippen molar-refractivity contribution in [1.82, 2.24) is 0 Å². The van der Waals surface area contributed by atoms with Gasteiger partial charge in [0.2, 0.25) is 0 Å². The van der Waals surface area contributed by atoms with Crippen LogP contribution in [0.4, 0.5) is 11.4 Å². The van der Waals surface area contributed by atoms with Crippen molar-refractivity contribution in [3.63, 3.8) is 0 Å². The SMILES string of the molecule is C=CCCCNc1ccccc1N(C)C. The molecule has 2 heteroatoms. The molecular formula is C13H20N2. The van der Waals surface area contributed by atoms with Gasteiger partial charge in [0.15, 0.2) is 0 Å². The fourth-order valence-electron chi connectivity index (χ4n) is 1.48. The Bertz CT molecular complexity index is 305. The molecule has 1 rings (SSSR count). The van der Waals surface area contributed by atoms with E-state index in [4.69, 9.17) is 0 Å². The number of hydrogen-bond acceptors (Lipinski definition) is 2. The number of hydrogen-bond donors (Lipinski definition) is 1. The minimum atomic E-state index is 0.997. The van der Waals surface area contributed by atoms with Crippen molar-refractivity contribution in [2.45, 2.75) is 12.8 Å². The second kappa shape index (κ2) is 6.12. The molecule has 0 bridgehead atoms. The average molecular weight is 204 g/mol. The Morgan fingerprint density at radius 2 is 2.07 bits per heavy atom. The van der Waals surface area contributed by atoms with Crippen LogP contribution in [0.1, 0.15) is 12.8 Å². The average Bonchev–Trinajstić information content (AvgIpc) is 2.25. The lowest BCUT2D eigenvalue weighted by Crippen LogP contribution is -2.12. The fraction of sp³-hybridized carbons (Fsp3) is 0.385. The highest BCUT2D eigenvalue weighted by Gasteiger charge is 2.01. The summed E-state index contributed by atoms with van der Waals surface area (Å²) >= 11 is 0. The summed E-state index contributed by atoms with van der Waals surface area (Å²) in [6.45, 7) is 4.71. The summed E-state index contributed by atoms with van der Waals surface area (Å²) in [5.74, 6) is 0. The first-order valence-corrected chi connectivity index (χ1v) is 5.37. The number of unbranched alkanes of at least 4 members (excludes halogenated alkanes) is 1. The van der Waals surface area contributed by atoms with Gasteiger partial charge in [0.25, 0.3) is 0 Å². The summed E-state index contributed by atoms with van der Waals surface area (Å²) in [5, 5.41) is 3.44. The first kappa shape index (κ1) is 11.6. The highest BCUT2D eigenvalue weighted by atomic mass is 15.1. The lowest BCUT2D eigenvalue weighted by atomic mass is 10.2. The minimum absolute atomic E-state index is 0.997. The normalized spacial score (nSPS) is 9.73. The van der Waals surface area contributed by atoms with Crippen LogP contribution in [-0.4, -0.2) is 20.6 Å². The van der Waals surface area contributed by atoms with E-state index in [2.05, 4.69) is 55.2 Å². The number of rotatable bonds is 6. The molecule has 0 saturated carbocycles. The molecule has 0 heterocycles. The van der Waals surface area contributed by atoms with Crippen LogP contribution in [0.2, 0.25) is 0 Å². The Hall–Kier alpha value is -1.44. The van der Waals surface area contributed by atoms with Gasteiger partial charge in [0, 0.05) is 20.6 Å². The van der Waals surface area contributed by atoms with Gasteiger partial charge in [0.1, 0.15) is 0 Å². The number of nitrogens with zero attached hydrogens (tertiary/aromatic N) is 1. The van der Waals surface area contributed by atoms with E-state index in [1.165, 1.54) is 11.4 Å². The molecule has 0 aliphatic heterocycles. The maximum absolute atomic E-state index is 3.72. The minimum Gasteiger partial charge on any atom is -0.383 e. The van der Waals surface area contributed by atoms with Crippen LogP contribution in [0.15, 0.2) is 36.9 Å². The maximum atomic E-state index is 3.72. The molecule has 0 amide bonds. The highest BCUT2D eigenvalue weighted by Crippen LogP contribution is 2.23. The quantitative estimate of drug-likeness (QED) is 0.565. The molecular weight excluding hydrogens is 184 g/mol. The molecule has 1 aromatic rings. The third kappa shape index (κ3) is 3.66. The van der Waals surface area contributed by atoms with Gasteiger partial charge < -0.3 is 10.2 Å². The third-order valence-electron chi connectivity index (χ3n) is 2.29. The molecule has 0 unspecified atom stereocenters. The number of benzene rings is 1. The first-order chi connectivity index (χ1) is 7.25. The van der Waals surface area contributed by atoms with E-state index < -0.39 is 0 Å². The standard InChI is InChI=1S/C13H20N2/c1-4-5-8-11-14-12-9-6-7-10-13(12)15(2)3/h4,6-7,9-10,14H,1,5,8,11H2,2-3H3. The van der Waals surface area contributed by atoms with E-state index >= 15 is 0 Å². The lowest BCUT2D eigenvalue weighted by molar-refractivity contribution is 0.890. The molecule has 2 nitrogen and oxygen atoms in total. The number of anilines is 2. The molecule has 0 radical (unpaired) electrons. The Morgan fingerprint density at radius 3 is 2.73 bits per heavy atom. The second-order valence-corrected chi connectivity index (χ2v) is 3.77. The second-order valence-electron chi connectivity index (χ2n) is 3.77. The van der Waals surface area contributed by atoms with Crippen LogP contribution in [-0.2, 0) is 0 Å². The number of para-hydroxylation sites is 2. The van der Waals surface area contributed by atoms with E-state index in [1.54, 1.807) is 0 Å². The topological polar surface area (TPSA) is 15.3 Å². The summed E-state index contributed by atoms with van der Waals surface area (Å²) in [7, 11) is 4.12. The molecule has 82 valence electrons. The monoisotopic (exact) mass is 204 g/mol. The molecule has 1 aromatic carbocycles. The predicted molar refractivity (Wildman–Crippen MR) is 68.7 cm³/mol. The van der Waals surface area contributed by atoms with Crippen molar-refractivity contribution < 1.29 is 0 Å². The van der Waals surface area contributed by atoms with Crippen LogP contribution >= 0.6 is 0 Å². The fourth-order valence-corrected chi connectivity index (χ4v) is 1.48. The van der Waals surface area contributed by atoms with Crippen LogP contribution in [0.25, 0.3) is 0 Å². The Kier molecular flexibility index (Phi) is 4.75. The molecule has 1 N–H and O–H groups in total. The van der Waals surface area contributed by atoms with Crippen LogP contribution in [0, 0.1) is 0 Å². The molecule has 0 fully saturated rings. The zero-order valence-corrected chi connectivity index (χ0v) is 9.66. The molecule has 0 aliphatic rings. The zero-order valence-electron chi connectivity index (χ0n) is 9.66. The Balaban J connectivity index is 2.55. The predicted octanol–water partition coefficient (Wildman–Crippen LogP) is 3.13. The van der Waals surface area contributed by atoms with Gasteiger partial charge in [-0.1, -0.05) is 18.2 Å². The number of nitrogens with one attached hydrogen (secondary N) is 1. The maximum Gasteiger partial charge on any atom is 0.0596 e. The lowest BCUT2D eigenvalue weighted by Gasteiger charge is -2.18. The summed E-state index contributed by atoms with van der Waals surface area (Å²) in [5.41, 5.74) is 2.43. The molecule has 0 spiro atoms. The van der Waals surface area contributed by atoms with Crippen LogP contribution < -0.4 is 10.2 Å². The van der Waals surface area contributed by atoms with Crippen molar-refractivity contribution in [2.24, 2.45) is 0 Å². The van der Waals surface area contributed by atoms with E-state index in [0.717, 1.165) is 19.4 Å². The smallest absolute Gasteiger partial charge is 0.0596 e. The van der Waals surface area contributed by atoms with E-state index in [1.807, 2.05) is 6.08 Å². The van der Waals surface area contributed by atoms with Crippen LogP contribution in [0.5, 0.6) is 0 Å². The summed E-state index contributed by atoms with van der Waals surface area (Å²) in [4.78, 5) is 2.12. The van der Waals surface area contributed by atoms with E-state index in [0.29, 0.717) is 0 Å². The van der Waals surface area contributed by atoms with Gasteiger partial charge in [0.05, 0.1) is 11.4 Å². The van der Waals surface area contributed by atoms with Gasteiger partial charge in [-0.25, -0.2) is 0 Å². The van der Waals surface area contributed by atoms with Crippen molar-refractivity contribution in [2.75, 3.05) is 30.9 Å². The summed E-state index contributed by atoms with van der Waals surface area (Å²) in [6.07, 6.45) is 4.15. The van der Waals surface area contributed by atoms with Crippen molar-refractivity contribution in [3.05, 3.63) is 36.9 Å². The Morgan fingerprint density at radius 1 is 1.33 bits per heavy atom. The van der Waals surface area contributed by atoms with Crippen molar-refractivity contribution in [3.8, 4) is 0 Å². The molecule has 0 saturated heterocycles. The molecule has 0 atom stereocenters. The molecule has 0 aromatic heterocycles. The van der Waals surface area contributed by atoms with Crippen molar-refractivity contribution >= 4 is 11.4 Å². The summed E-state index contributed by atoms with van der Waals surface area (Å²) < 4.78 is 0.